The van der Waals surface area contributed by atoms with Crippen LogP contribution >= 0.6 is 0 Å². The summed E-state index contributed by atoms with van der Waals surface area (Å²) in [6.45, 7) is 6.91. The van der Waals surface area contributed by atoms with Gasteiger partial charge in [-0.15, -0.1) is 0 Å². The summed E-state index contributed by atoms with van der Waals surface area (Å²) >= 11 is 0. The number of imidazole rings is 1. The lowest BCUT2D eigenvalue weighted by Crippen LogP contribution is -2.30. The molecule has 2 N–H and O–H groups in total. The number of nitrogens with zero attached hydrogens (tertiary/aromatic N) is 3. The third-order valence-corrected chi connectivity index (χ3v) is 3.69. The second-order valence-electron chi connectivity index (χ2n) is 5.49. The maximum atomic E-state index is 12.0. The number of hydrogen-bond donors (Lipinski definition) is 2. The Hall–Kier alpha value is -2.44. The van der Waals surface area contributed by atoms with E-state index in [2.05, 4.69) is 31.8 Å². The van der Waals surface area contributed by atoms with Crippen molar-refractivity contribution in [2.24, 2.45) is 0 Å². The van der Waals surface area contributed by atoms with E-state index in [1.165, 1.54) is 0 Å². The first-order valence-corrected chi connectivity index (χ1v) is 7.84. The number of aromatic amines is 1. The van der Waals surface area contributed by atoms with Gasteiger partial charge in [-0.25, -0.2) is 9.97 Å². The van der Waals surface area contributed by atoms with Gasteiger partial charge in [-0.05, 0) is 20.3 Å². The molecule has 0 aliphatic carbocycles. The molecule has 0 bridgehead atoms. The Labute approximate surface area is 135 Å². The zero-order chi connectivity index (χ0) is 16.8. The first-order chi connectivity index (χ1) is 11.0. The minimum atomic E-state index is -0.240. The highest BCUT2D eigenvalue weighted by atomic mass is 16.2. The van der Waals surface area contributed by atoms with Crippen molar-refractivity contribution >= 4 is 5.91 Å². The fraction of sp³-hybridized carbons (Fsp3) is 0.500. The SMILES string of the molecule is CCc1nccn1CCCNC(=O)Cc1c(C)nc(C)[nH]c1=O. The Morgan fingerprint density at radius 3 is 2.87 bits per heavy atom. The van der Waals surface area contributed by atoms with Crippen molar-refractivity contribution in [3.8, 4) is 0 Å². The summed E-state index contributed by atoms with van der Waals surface area (Å²) in [5.41, 5.74) is 0.791. The summed E-state index contributed by atoms with van der Waals surface area (Å²) in [5.74, 6) is 1.44. The van der Waals surface area contributed by atoms with Gasteiger partial charge in [0.25, 0.3) is 5.56 Å². The molecular weight excluding hydrogens is 294 g/mol. The molecule has 0 spiro atoms. The van der Waals surface area contributed by atoms with E-state index in [1.54, 1.807) is 20.0 Å². The molecule has 0 fully saturated rings. The Kier molecular flexibility index (Phi) is 5.67. The van der Waals surface area contributed by atoms with Crippen LogP contribution in [0.4, 0.5) is 0 Å². The minimum Gasteiger partial charge on any atom is -0.356 e. The topological polar surface area (TPSA) is 92.7 Å². The lowest BCUT2D eigenvalue weighted by atomic mass is 10.1. The average Bonchev–Trinajstić information content (AvgIpc) is 2.95. The molecule has 7 nitrogen and oxygen atoms in total. The van der Waals surface area contributed by atoms with Crippen molar-refractivity contribution in [2.75, 3.05) is 6.54 Å². The monoisotopic (exact) mass is 317 g/mol. The van der Waals surface area contributed by atoms with E-state index in [1.807, 2.05) is 6.20 Å². The molecule has 0 atom stereocenters. The molecule has 1 amide bonds. The molecule has 7 heteroatoms. The van der Waals surface area contributed by atoms with Crippen LogP contribution < -0.4 is 10.9 Å². The number of hydrogen-bond acceptors (Lipinski definition) is 4. The molecule has 2 rings (SSSR count). The molecule has 0 radical (unpaired) electrons. The predicted molar refractivity (Wildman–Crippen MR) is 87.3 cm³/mol. The van der Waals surface area contributed by atoms with Gasteiger partial charge in [0.15, 0.2) is 0 Å². The average molecular weight is 317 g/mol. The van der Waals surface area contributed by atoms with Crippen LogP contribution in [0.1, 0.15) is 36.3 Å². The quantitative estimate of drug-likeness (QED) is 0.742. The summed E-state index contributed by atoms with van der Waals surface area (Å²) < 4.78 is 2.09. The van der Waals surface area contributed by atoms with Gasteiger partial charge in [0.1, 0.15) is 11.6 Å². The molecule has 2 aromatic heterocycles. The van der Waals surface area contributed by atoms with Crippen LogP contribution in [0.2, 0.25) is 0 Å². The highest BCUT2D eigenvalue weighted by molar-refractivity contribution is 5.78. The highest BCUT2D eigenvalue weighted by Crippen LogP contribution is 2.01. The molecule has 124 valence electrons. The van der Waals surface area contributed by atoms with Crippen LogP contribution in [0.15, 0.2) is 17.2 Å². The fourth-order valence-electron chi connectivity index (χ4n) is 2.52. The predicted octanol–water partition coefficient (Wildman–Crippen LogP) is 0.895. The number of aromatic nitrogens is 4. The summed E-state index contributed by atoms with van der Waals surface area (Å²) in [4.78, 5) is 34.9. The first kappa shape index (κ1) is 16.9. The third-order valence-electron chi connectivity index (χ3n) is 3.69. The van der Waals surface area contributed by atoms with Gasteiger partial charge >= 0.3 is 0 Å². The van der Waals surface area contributed by atoms with E-state index in [0.717, 1.165) is 25.2 Å². The Morgan fingerprint density at radius 2 is 2.17 bits per heavy atom. The van der Waals surface area contributed by atoms with Crippen LogP contribution in [-0.4, -0.2) is 32.0 Å². The number of rotatable bonds is 7. The molecular formula is C16H23N5O2. The van der Waals surface area contributed by atoms with E-state index in [0.29, 0.717) is 23.6 Å². The maximum Gasteiger partial charge on any atom is 0.254 e. The molecule has 0 saturated carbocycles. The van der Waals surface area contributed by atoms with E-state index in [9.17, 15) is 9.59 Å². The van der Waals surface area contributed by atoms with E-state index in [-0.39, 0.29) is 17.9 Å². The number of carbonyl (C=O) groups excluding carboxylic acids is 1. The second kappa shape index (κ2) is 7.71. The van der Waals surface area contributed by atoms with Crippen LogP contribution in [0.25, 0.3) is 0 Å². The van der Waals surface area contributed by atoms with E-state index < -0.39 is 0 Å². The number of aryl methyl sites for hydroxylation is 4. The molecule has 0 saturated heterocycles. The smallest absolute Gasteiger partial charge is 0.254 e. The summed E-state index contributed by atoms with van der Waals surface area (Å²) in [6, 6.07) is 0. The van der Waals surface area contributed by atoms with Crippen LogP contribution in [-0.2, 0) is 24.2 Å². The number of H-pyrrole nitrogens is 1. The third kappa shape index (κ3) is 4.51. The van der Waals surface area contributed by atoms with Crippen LogP contribution in [0, 0.1) is 13.8 Å². The van der Waals surface area contributed by atoms with Gasteiger partial charge in [0, 0.05) is 43.2 Å². The Morgan fingerprint density at radius 1 is 1.39 bits per heavy atom. The molecule has 2 aromatic rings. The number of carbonyl (C=O) groups is 1. The molecule has 2 heterocycles. The summed E-state index contributed by atoms with van der Waals surface area (Å²) in [5, 5.41) is 2.85. The number of amides is 1. The van der Waals surface area contributed by atoms with Gasteiger partial charge in [-0.2, -0.15) is 0 Å². The van der Waals surface area contributed by atoms with Gasteiger partial charge in [0.05, 0.1) is 6.42 Å². The summed E-state index contributed by atoms with van der Waals surface area (Å²) in [6.07, 6.45) is 5.50. The van der Waals surface area contributed by atoms with Crippen molar-refractivity contribution in [3.63, 3.8) is 0 Å². The molecule has 23 heavy (non-hydrogen) atoms. The van der Waals surface area contributed by atoms with E-state index >= 15 is 0 Å². The number of nitrogens with one attached hydrogen (secondary N) is 2. The van der Waals surface area contributed by atoms with Crippen LogP contribution in [0.5, 0.6) is 0 Å². The lowest BCUT2D eigenvalue weighted by Gasteiger charge is -2.08. The summed E-state index contributed by atoms with van der Waals surface area (Å²) in [7, 11) is 0. The molecule has 0 aliphatic heterocycles. The highest BCUT2D eigenvalue weighted by Gasteiger charge is 2.11. The maximum absolute atomic E-state index is 12.0. The van der Waals surface area contributed by atoms with Crippen molar-refractivity contribution < 1.29 is 4.79 Å². The molecule has 0 aromatic carbocycles. The van der Waals surface area contributed by atoms with Crippen molar-refractivity contribution in [2.45, 2.75) is 46.6 Å². The zero-order valence-corrected chi connectivity index (χ0v) is 13.8. The standard InChI is InChI=1S/C16H23N5O2/c1-4-14-17-7-9-21(14)8-5-6-18-15(22)10-13-11(2)19-12(3)20-16(13)23/h7,9H,4-6,8,10H2,1-3H3,(H,18,22)(H,19,20,23). The van der Waals surface area contributed by atoms with Crippen molar-refractivity contribution in [1.29, 1.82) is 0 Å². The largest absolute Gasteiger partial charge is 0.356 e. The first-order valence-electron chi connectivity index (χ1n) is 7.84. The molecule has 0 aliphatic rings. The fourth-order valence-corrected chi connectivity index (χ4v) is 2.52. The minimum absolute atomic E-state index is 0.0553. The van der Waals surface area contributed by atoms with Gasteiger partial charge in [-0.3, -0.25) is 9.59 Å². The Balaban J connectivity index is 1.81. The van der Waals surface area contributed by atoms with Gasteiger partial charge in [-0.1, -0.05) is 6.92 Å². The van der Waals surface area contributed by atoms with Crippen molar-refractivity contribution in [3.05, 3.63) is 45.7 Å². The zero-order valence-electron chi connectivity index (χ0n) is 13.8. The van der Waals surface area contributed by atoms with Crippen molar-refractivity contribution in [1.82, 2.24) is 24.8 Å². The van der Waals surface area contributed by atoms with Gasteiger partial charge < -0.3 is 14.9 Å². The van der Waals surface area contributed by atoms with E-state index in [4.69, 9.17) is 0 Å². The normalized spacial score (nSPS) is 10.7. The van der Waals surface area contributed by atoms with Crippen LogP contribution in [0.3, 0.4) is 0 Å². The van der Waals surface area contributed by atoms with Gasteiger partial charge in [0.2, 0.25) is 5.91 Å². The Bertz CT molecular complexity index is 732. The molecule has 0 unspecified atom stereocenters. The second-order valence-corrected chi connectivity index (χ2v) is 5.49. The lowest BCUT2D eigenvalue weighted by molar-refractivity contribution is -0.120.